The fourth-order valence-electron chi connectivity index (χ4n) is 1.69. The molecule has 2 aromatic carbocycles. The first-order valence-corrected chi connectivity index (χ1v) is 6.55. The maximum Gasteiger partial charge on any atom is 0.145 e. The maximum atomic E-state index is 9.55. The second-order valence-corrected chi connectivity index (χ2v) is 4.92. The standard InChI is InChI=1S/C15H12BrNO2/c1-10(18)13-7-6-12(8-14(13)16)19-15-5-3-2-4-11(15)9-17/h2-8,10,18H,1H3/t10-/m1/s1. The molecule has 2 aromatic rings. The molecule has 0 unspecified atom stereocenters. The van der Waals surface area contributed by atoms with E-state index in [9.17, 15) is 5.11 Å². The molecule has 1 N–H and O–H groups in total. The highest BCUT2D eigenvalue weighted by atomic mass is 79.9. The Kier molecular flexibility index (Phi) is 4.20. The molecule has 1 atom stereocenters. The molecule has 0 heterocycles. The van der Waals surface area contributed by atoms with Gasteiger partial charge in [-0.1, -0.05) is 34.1 Å². The SMILES string of the molecule is C[C@@H](O)c1ccc(Oc2ccccc2C#N)cc1Br. The lowest BCUT2D eigenvalue weighted by atomic mass is 10.1. The Balaban J connectivity index is 2.30. The fraction of sp³-hybridized carbons (Fsp3) is 0.133. The van der Waals surface area contributed by atoms with Crippen molar-refractivity contribution < 1.29 is 9.84 Å². The zero-order valence-electron chi connectivity index (χ0n) is 10.3. The van der Waals surface area contributed by atoms with Crippen LogP contribution in [0.25, 0.3) is 0 Å². The number of halogens is 1. The number of rotatable bonds is 3. The molecule has 3 nitrogen and oxygen atoms in total. The van der Waals surface area contributed by atoms with Crippen LogP contribution < -0.4 is 4.74 Å². The second-order valence-electron chi connectivity index (χ2n) is 4.07. The summed E-state index contributed by atoms with van der Waals surface area (Å²) >= 11 is 3.39. The molecule has 0 aliphatic rings. The highest BCUT2D eigenvalue weighted by molar-refractivity contribution is 9.10. The van der Waals surface area contributed by atoms with E-state index < -0.39 is 6.10 Å². The van der Waals surface area contributed by atoms with Crippen molar-refractivity contribution in [3.63, 3.8) is 0 Å². The van der Waals surface area contributed by atoms with Crippen molar-refractivity contribution >= 4 is 15.9 Å². The summed E-state index contributed by atoms with van der Waals surface area (Å²) in [5, 5.41) is 18.5. The number of benzene rings is 2. The second kappa shape index (κ2) is 5.87. The van der Waals surface area contributed by atoms with Gasteiger partial charge in [0.1, 0.15) is 17.6 Å². The largest absolute Gasteiger partial charge is 0.456 e. The molecule has 4 heteroatoms. The zero-order valence-corrected chi connectivity index (χ0v) is 11.9. The van der Waals surface area contributed by atoms with Crippen LogP contribution in [0.3, 0.4) is 0 Å². The Labute approximate surface area is 120 Å². The van der Waals surface area contributed by atoms with Gasteiger partial charge in [-0.2, -0.15) is 5.26 Å². The molecule has 0 aliphatic heterocycles. The number of aliphatic hydroxyl groups is 1. The number of aliphatic hydroxyl groups excluding tert-OH is 1. The number of ether oxygens (including phenoxy) is 1. The minimum absolute atomic E-state index is 0.484. The molecule has 0 aliphatic carbocycles. The number of nitriles is 1. The van der Waals surface area contributed by atoms with Crippen molar-refractivity contribution in [1.82, 2.24) is 0 Å². The summed E-state index contributed by atoms with van der Waals surface area (Å²) in [7, 11) is 0. The van der Waals surface area contributed by atoms with Crippen LogP contribution in [-0.4, -0.2) is 5.11 Å². The first-order valence-electron chi connectivity index (χ1n) is 5.76. The van der Waals surface area contributed by atoms with Gasteiger partial charge in [0, 0.05) is 4.47 Å². The van der Waals surface area contributed by atoms with Gasteiger partial charge < -0.3 is 9.84 Å². The molecule has 96 valence electrons. The molecule has 0 bridgehead atoms. The Bertz CT molecular complexity index is 632. The maximum absolute atomic E-state index is 9.55. The van der Waals surface area contributed by atoms with Crippen LogP contribution in [-0.2, 0) is 0 Å². The van der Waals surface area contributed by atoms with Gasteiger partial charge in [-0.15, -0.1) is 0 Å². The molecule has 0 radical (unpaired) electrons. The highest BCUT2D eigenvalue weighted by Gasteiger charge is 2.09. The third-order valence-corrected chi connectivity index (χ3v) is 3.34. The van der Waals surface area contributed by atoms with E-state index in [1.807, 2.05) is 6.07 Å². The van der Waals surface area contributed by atoms with E-state index in [1.165, 1.54) is 0 Å². The third-order valence-electron chi connectivity index (χ3n) is 2.66. The van der Waals surface area contributed by atoms with Crippen LogP contribution in [0.2, 0.25) is 0 Å². The van der Waals surface area contributed by atoms with Gasteiger partial charge in [0.05, 0.1) is 11.7 Å². The van der Waals surface area contributed by atoms with Crippen LogP contribution in [0, 0.1) is 11.3 Å². The summed E-state index contributed by atoms with van der Waals surface area (Å²) in [5.41, 5.74) is 1.28. The zero-order chi connectivity index (χ0) is 13.8. The number of hydrogen-bond acceptors (Lipinski definition) is 3. The molecular formula is C15H12BrNO2. The minimum atomic E-state index is -0.546. The van der Waals surface area contributed by atoms with Gasteiger partial charge in [0.15, 0.2) is 0 Å². The molecule has 0 fully saturated rings. The van der Waals surface area contributed by atoms with Crippen molar-refractivity contribution in [3.05, 3.63) is 58.1 Å². The van der Waals surface area contributed by atoms with Gasteiger partial charge >= 0.3 is 0 Å². The number of hydrogen-bond donors (Lipinski definition) is 1. The molecule has 0 aromatic heterocycles. The van der Waals surface area contributed by atoms with Gasteiger partial charge in [-0.25, -0.2) is 0 Å². The minimum Gasteiger partial charge on any atom is -0.456 e. The van der Waals surface area contributed by atoms with Crippen LogP contribution in [0.15, 0.2) is 46.9 Å². The first kappa shape index (κ1) is 13.6. The van der Waals surface area contributed by atoms with Crippen molar-refractivity contribution in [3.8, 4) is 17.6 Å². The topological polar surface area (TPSA) is 53.2 Å². The third kappa shape index (κ3) is 3.14. The molecule has 19 heavy (non-hydrogen) atoms. The van der Waals surface area contributed by atoms with Crippen molar-refractivity contribution in [2.24, 2.45) is 0 Å². The molecule has 2 rings (SSSR count). The number of para-hydroxylation sites is 1. The first-order chi connectivity index (χ1) is 9.11. The van der Waals surface area contributed by atoms with E-state index in [1.54, 1.807) is 43.3 Å². The number of nitrogens with zero attached hydrogens (tertiary/aromatic N) is 1. The van der Waals surface area contributed by atoms with Gasteiger partial charge in [0.2, 0.25) is 0 Å². The average Bonchev–Trinajstić information content (AvgIpc) is 2.39. The Hall–Kier alpha value is -1.83. The van der Waals surface area contributed by atoms with Gasteiger partial charge in [-0.05, 0) is 36.8 Å². The predicted octanol–water partition coefficient (Wildman–Crippen LogP) is 4.17. The summed E-state index contributed by atoms with van der Waals surface area (Å²) in [6.45, 7) is 1.70. The summed E-state index contributed by atoms with van der Waals surface area (Å²) in [4.78, 5) is 0. The highest BCUT2D eigenvalue weighted by Crippen LogP contribution is 2.31. The lowest BCUT2D eigenvalue weighted by Crippen LogP contribution is -1.94. The van der Waals surface area contributed by atoms with E-state index in [2.05, 4.69) is 22.0 Å². The quantitative estimate of drug-likeness (QED) is 0.924. The van der Waals surface area contributed by atoms with Crippen molar-refractivity contribution in [2.45, 2.75) is 13.0 Å². The molecule has 0 amide bonds. The monoisotopic (exact) mass is 317 g/mol. The molecular weight excluding hydrogens is 306 g/mol. The van der Waals surface area contributed by atoms with E-state index in [4.69, 9.17) is 10.00 Å². The smallest absolute Gasteiger partial charge is 0.145 e. The molecule has 0 saturated carbocycles. The van der Waals surface area contributed by atoms with E-state index >= 15 is 0 Å². The summed E-state index contributed by atoms with van der Waals surface area (Å²) in [6, 6.07) is 14.5. The van der Waals surface area contributed by atoms with Gasteiger partial charge in [-0.3, -0.25) is 0 Å². The van der Waals surface area contributed by atoms with Gasteiger partial charge in [0.25, 0.3) is 0 Å². The fourth-order valence-corrected chi connectivity index (χ4v) is 2.37. The normalized spacial score (nSPS) is 11.7. The average molecular weight is 318 g/mol. The van der Waals surface area contributed by atoms with E-state index in [0.717, 1.165) is 10.0 Å². The van der Waals surface area contributed by atoms with Crippen LogP contribution in [0.5, 0.6) is 11.5 Å². The van der Waals surface area contributed by atoms with Crippen LogP contribution in [0.1, 0.15) is 24.2 Å². The Morgan fingerprint density at radius 2 is 2.00 bits per heavy atom. The summed E-state index contributed by atoms with van der Waals surface area (Å²) in [5.74, 6) is 1.13. The summed E-state index contributed by atoms with van der Waals surface area (Å²) in [6.07, 6.45) is -0.546. The predicted molar refractivity (Wildman–Crippen MR) is 76.0 cm³/mol. The Morgan fingerprint density at radius 3 is 2.63 bits per heavy atom. The summed E-state index contributed by atoms with van der Waals surface area (Å²) < 4.78 is 6.45. The van der Waals surface area contributed by atoms with Crippen molar-refractivity contribution in [2.75, 3.05) is 0 Å². The van der Waals surface area contributed by atoms with E-state index in [-0.39, 0.29) is 0 Å². The van der Waals surface area contributed by atoms with Crippen LogP contribution in [0.4, 0.5) is 0 Å². The lowest BCUT2D eigenvalue weighted by molar-refractivity contribution is 0.198. The lowest BCUT2D eigenvalue weighted by Gasteiger charge is -2.11. The molecule has 0 saturated heterocycles. The van der Waals surface area contributed by atoms with Crippen molar-refractivity contribution in [1.29, 1.82) is 5.26 Å². The Morgan fingerprint density at radius 1 is 1.26 bits per heavy atom. The van der Waals surface area contributed by atoms with Crippen LogP contribution >= 0.6 is 15.9 Å². The molecule has 0 spiro atoms. The van der Waals surface area contributed by atoms with E-state index in [0.29, 0.717) is 17.1 Å².